The van der Waals surface area contributed by atoms with Crippen molar-refractivity contribution in [3.05, 3.63) is 0 Å². The van der Waals surface area contributed by atoms with E-state index in [0.717, 1.165) is 0 Å². The summed E-state index contributed by atoms with van der Waals surface area (Å²) in [7, 11) is 0.675. The molecule has 1 saturated carbocycles. The van der Waals surface area contributed by atoms with Gasteiger partial charge in [-0.3, -0.25) is 9.20 Å². The number of rotatable bonds is 4. The third-order valence-electron chi connectivity index (χ3n) is 4.02. The van der Waals surface area contributed by atoms with Crippen LogP contribution in [-0.2, 0) is 10.8 Å². The van der Waals surface area contributed by atoms with E-state index in [1.54, 1.807) is 7.05 Å². The minimum absolute atomic E-state index is 0.00733. The van der Waals surface area contributed by atoms with E-state index < -0.39 is 22.9 Å². The minimum atomic E-state index is -4.08. The largest absolute Gasteiger partial charge is 0.391 e. The number of alkyl halides is 3. The number of nitrogens with one attached hydrogen (secondary N) is 2. The van der Waals surface area contributed by atoms with E-state index in [4.69, 9.17) is 0 Å². The monoisotopic (exact) mass is 355 g/mol. The van der Waals surface area contributed by atoms with Gasteiger partial charge in [-0.1, -0.05) is 0 Å². The Labute approximate surface area is 139 Å². The zero-order chi connectivity index (χ0) is 17.7. The molecule has 8 heteroatoms. The van der Waals surface area contributed by atoms with Gasteiger partial charge in [-0.25, -0.2) is 0 Å². The third kappa shape index (κ3) is 7.10. The summed E-state index contributed by atoms with van der Waals surface area (Å²) in [4.78, 5) is 4.08. The SMILES string of the molecule is CN=C(NCCS(=O)C(C)(C)C)NC1CCC(C(F)(F)F)CC1. The highest BCUT2D eigenvalue weighted by molar-refractivity contribution is 7.86. The fourth-order valence-corrected chi connectivity index (χ4v) is 3.42. The smallest absolute Gasteiger partial charge is 0.355 e. The Kier molecular flexibility index (Phi) is 7.35. The van der Waals surface area contributed by atoms with Gasteiger partial charge in [0.25, 0.3) is 0 Å². The van der Waals surface area contributed by atoms with Crippen molar-refractivity contribution >= 4 is 16.8 Å². The van der Waals surface area contributed by atoms with E-state index >= 15 is 0 Å². The average molecular weight is 355 g/mol. The molecule has 0 amide bonds. The summed E-state index contributed by atoms with van der Waals surface area (Å²) in [6, 6.07) is 0.00733. The molecule has 0 aromatic carbocycles. The molecule has 1 aliphatic carbocycles. The molecule has 1 atom stereocenters. The first-order valence-electron chi connectivity index (χ1n) is 7.96. The number of hydrogen-bond donors (Lipinski definition) is 2. The summed E-state index contributed by atoms with van der Waals surface area (Å²) in [5, 5.41) is 6.25. The van der Waals surface area contributed by atoms with Crippen molar-refractivity contribution in [1.29, 1.82) is 0 Å². The van der Waals surface area contributed by atoms with Crippen LogP contribution in [0.3, 0.4) is 0 Å². The molecular weight excluding hydrogens is 327 g/mol. The van der Waals surface area contributed by atoms with Crippen molar-refractivity contribution < 1.29 is 17.4 Å². The highest BCUT2D eigenvalue weighted by Crippen LogP contribution is 2.37. The van der Waals surface area contributed by atoms with E-state index in [1.807, 2.05) is 20.8 Å². The lowest BCUT2D eigenvalue weighted by Gasteiger charge is -2.31. The summed E-state index contributed by atoms with van der Waals surface area (Å²) in [5.41, 5.74) is 0. The molecule has 136 valence electrons. The fraction of sp³-hybridized carbons (Fsp3) is 0.933. The van der Waals surface area contributed by atoms with Gasteiger partial charge in [0.2, 0.25) is 0 Å². The molecule has 0 radical (unpaired) electrons. The zero-order valence-corrected chi connectivity index (χ0v) is 15.1. The van der Waals surface area contributed by atoms with Crippen LogP contribution >= 0.6 is 0 Å². The van der Waals surface area contributed by atoms with Gasteiger partial charge in [-0.2, -0.15) is 13.2 Å². The van der Waals surface area contributed by atoms with Crippen LogP contribution in [0.4, 0.5) is 13.2 Å². The highest BCUT2D eigenvalue weighted by atomic mass is 32.2. The van der Waals surface area contributed by atoms with Gasteiger partial charge in [-0.15, -0.1) is 0 Å². The van der Waals surface area contributed by atoms with Crippen molar-refractivity contribution in [3.63, 3.8) is 0 Å². The van der Waals surface area contributed by atoms with Gasteiger partial charge >= 0.3 is 6.18 Å². The molecule has 0 aromatic heterocycles. The second-order valence-corrected chi connectivity index (χ2v) is 9.22. The molecule has 0 spiro atoms. The van der Waals surface area contributed by atoms with Crippen LogP contribution in [-0.4, -0.2) is 46.5 Å². The number of nitrogens with zero attached hydrogens (tertiary/aromatic N) is 1. The molecule has 0 saturated heterocycles. The van der Waals surface area contributed by atoms with Crippen LogP contribution in [0, 0.1) is 5.92 Å². The quantitative estimate of drug-likeness (QED) is 0.602. The van der Waals surface area contributed by atoms with Gasteiger partial charge in [0.1, 0.15) is 0 Å². The second kappa shape index (κ2) is 8.35. The molecule has 0 aliphatic heterocycles. The molecule has 4 nitrogen and oxygen atoms in total. The van der Waals surface area contributed by atoms with Crippen LogP contribution in [0.2, 0.25) is 0 Å². The second-order valence-electron chi connectivity index (χ2n) is 6.90. The van der Waals surface area contributed by atoms with Gasteiger partial charge in [-0.05, 0) is 46.5 Å². The topological polar surface area (TPSA) is 53.5 Å². The van der Waals surface area contributed by atoms with Crippen LogP contribution in [0.1, 0.15) is 46.5 Å². The summed E-state index contributed by atoms with van der Waals surface area (Å²) in [6.07, 6.45) is -2.79. The predicted octanol–water partition coefficient (Wildman–Crippen LogP) is 2.82. The van der Waals surface area contributed by atoms with Gasteiger partial charge in [0, 0.05) is 40.9 Å². The predicted molar refractivity (Wildman–Crippen MR) is 89.1 cm³/mol. The van der Waals surface area contributed by atoms with E-state index in [2.05, 4.69) is 15.6 Å². The lowest BCUT2D eigenvalue weighted by Crippen LogP contribution is -2.47. The maximum absolute atomic E-state index is 12.7. The lowest BCUT2D eigenvalue weighted by molar-refractivity contribution is -0.182. The Balaban J connectivity index is 2.34. The summed E-state index contributed by atoms with van der Waals surface area (Å²) in [5.74, 6) is -0.110. The van der Waals surface area contributed by atoms with Gasteiger partial charge < -0.3 is 10.6 Å². The Morgan fingerprint density at radius 1 is 1.17 bits per heavy atom. The Morgan fingerprint density at radius 3 is 2.17 bits per heavy atom. The summed E-state index contributed by atoms with van der Waals surface area (Å²) in [6.45, 7) is 6.29. The van der Waals surface area contributed by atoms with Crippen molar-refractivity contribution in [2.75, 3.05) is 19.3 Å². The number of aliphatic imine (C=N–C) groups is 1. The molecule has 2 N–H and O–H groups in total. The van der Waals surface area contributed by atoms with Crippen LogP contribution in [0.15, 0.2) is 4.99 Å². The molecule has 0 bridgehead atoms. The van der Waals surface area contributed by atoms with E-state index in [0.29, 0.717) is 31.1 Å². The highest BCUT2D eigenvalue weighted by Gasteiger charge is 2.41. The molecule has 1 fully saturated rings. The summed E-state index contributed by atoms with van der Waals surface area (Å²) >= 11 is 0. The Bertz CT molecular complexity index is 425. The summed E-state index contributed by atoms with van der Waals surface area (Å²) < 4.78 is 49.7. The third-order valence-corrected chi connectivity index (χ3v) is 5.96. The maximum Gasteiger partial charge on any atom is 0.391 e. The molecule has 1 unspecified atom stereocenters. The van der Waals surface area contributed by atoms with Crippen LogP contribution < -0.4 is 10.6 Å². The first kappa shape index (κ1) is 20.3. The molecule has 0 heterocycles. The standard InChI is InChI=1S/C15H28F3N3OS/c1-14(2,3)23(22)10-9-20-13(19-4)21-12-7-5-11(6-8-12)15(16,17)18/h11-12H,5-10H2,1-4H3,(H2,19,20,21). The fourth-order valence-electron chi connectivity index (χ4n) is 2.52. The van der Waals surface area contributed by atoms with Crippen LogP contribution in [0.25, 0.3) is 0 Å². The van der Waals surface area contributed by atoms with Gasteiger partial charge in [0.05, 0.1) is 5.92 Å². The Hall–Kier alpha value is -0.790. The van der Waals surface area contributed by atoms with Gasteiger partial charge in [0.15, 0.2) is 5.96 Å². The number of halogens is 3. The number of hydrogen-bond acceptors (Lipinski definition) is 2. The van der Waals surface area contributed by atoms with Crippen molar-refractivity contribution in [1.82, 2.24) is 10.6 Å². The molecule has 1 aliphatic rings. The first-order valence-corrected chi connectivity index (χ1v) is 9.28. The zero-order valence-electron chi connectivity index (χ0n) is 14.3. The molecule has 23 heavy (non-hydrogen) atoms. The minimum Gasteiger partial charge on any atom is -0.355 e. The van der Waals surface area contributed by atoms with Crippen molar-refractivity contribution in [2.45, 2.75) is 63.4 Å². The van der Waals surface area contributed by atoms with Crippen molar-refractivity contribution in [3.8, 4) is 0 Å². The average Bonchev–Trinajstić information content (AvgIpc) is 2.44. The Morgan fingerprint density at radius 2 is 1.74 bits per heavy atom. The number of guanidine groups is 1. The lowest BCUT2D eigenvalue weighted by atomic mass is 9.85. The normalized spacial score (nSPS) is 25.1. The molecule has 1 rings (SSSR count). The van der Waals surface area contributed by atoms with E-state index in [-0.39, 0.29) is 23.6 Å². The van der Waals surface area contributed by atoms with E-state index in [1.165, 1.54) is 0 Å². The maximum atomic E-state index is 12.7. The van der Waals surface area contributed by atoms with E-state index in [9.17, 15) is 17.4 Å². The molecule has 0 aromatic rings. The van der Waals surface area contributed by atoms with Crippen LogP contribution in [0.5, 0.6) is 0 Å². The first-order chi connectivity index (χ1) is 10.5. The van der Waals surface area contributed by atoms with Crippen molar-refractivity contribution in [2.24, 2.45) is 10.9 Å². The molecular formula is C15H28F3N3OS.